The molecule has 4 aliphatic rings. The van der Waals surface area contributed by atoms with Gasteiger partial charge >= 0.3 is 0 Å². The molecule has 4 fully saturated rings. The van der Waals surface area contributed by atoms with Gasteiger partial charge in [-0.05, 0) is 112 Å². The van der Waals surface area contributed by atoms with Gasteiger partial charge in [-0.2, -0.15) is 0 Å². The summed E-state index contributed by atoms with van der Waals surface area (Å²) in [5, 5.41) is 10.0. The fourth-order valence-corrected chi connectivity index (χ4v) is 13.6. The lowest BCUT2D eigenvalue weighted by Gasteiger charge is -2.56. The molecule has 13 heteroatoms. The molecule has 354 valence electrons. The highest BCUT2D eigenvalue weighted by Crippen LogP contribution is 2.48. The molecule has 0 amide bonds. The van der Waals surface area contributed by atoms with Gasteiger partial charge in [0.05, 0.1) is 42.4 Å². The summed E-state index contributed by atoms with van der Waals surface area (Å²) in [5.41, 5.74) is -0.268. The van der Waals surface area contributed by atoms with Gasteiger partial charge < -0.3 is 42.1 Å². The van der Waals surface area contributed by atoms with Crippen LogP contribution in [0.25, 0.3) is 0 Å². The zero-order valence-corrected chi connectivity index (χ0v) is 46.5. The average molecular weight is 1020 g/mol. The van der Waals surface area contributed by atoms with Crippen molar-refractivity contribution in [3.8, 4) is 0 Å². The Morgan fingerprint density at radius 2 is 1.43 bits per heavy atom. The first-order chi connectivity index (χ1) is 28.0. The van der Waals surface area contributed by atoms with Crippen molar-refractivity contribution < 1.29 is 42.1 Å². The second-order valence-corrected chi connectivity index (χ2v) is 38.6. The Hall–Kier alpha value is 0.0506. The molecule has 9 nitrogen and oxygen atoms in total. The minimum atomic E-state index is -2.39. The zero-order chi connectivity index (χ0) is 46.0. The van der Waals surface area contributed by atoms with Crippen molar-refractivity contribution in [1.82, 2.24) is 0 Å². The molecule has 4 rings (SSSR count). The Kier molecular flexibility index (Phi) is 18.4. The summed E-state index contributed by atoms with van der Waals surface area (Å²) >= 11 is 2.49. The van der Waals surface area contributed by atoms with Crippen molar-refractivity contribution in [2.24, 2.45) is 5.92 Å². The van der Waals surface area contributed by atoms with Crippen LogP contribution in [0, 0.1) is 5.92 Å². The number of rotatable bonds is 19. The fourth-order valence-electron chi connectivity index (χ4n) is 8.72. The summed E-state index contributed by atoms with van der Waals surface area (Å²) in [4.78, 5) is 11.8. The minimum absolute atomic E-state index is 0.0189. The molecule has 61 heavy (non-hydrogen) atoms. The molecular formula is C48H89IO9Si3. The third kappa shape index (κ3) is 13.2. The first kappa shape index (κ1) is 53.7. The number of hydrogen-bond donors (Lipinski definition) is 1. The predicted octanol–water partition coefficient (Wildman–Crippen LogP) is 12.8. The lowest BCUT2D eigenvalue weighted by Crippen LogP contribution is -2.69. The van der Waals surface area contributed by atoms with Crippen LogP contribution in [-0.4, -0.2) is 107 Å². The largest absolute Gasteiger partial charge is 0.513 e. The highest BCUT2D eigenvalue weighted by atomic mass is 127. The first-order valence-corrected chi connectivity index (χ1v) is 34.0. The molecule has 0 bridgehead atoms. The molecule has 0 aromatic carbocycles. The van der Waals surface area contributed by atoms with E-state index in [-0.39, 0.29) is 81.2 Å². The fraction of sp³-hybridized carbons (Fsp3) is 0.896. The van der Waals surface area contributed by atoms with Gasteiger partial charge in [-0.25, -0.2) is 0 Å². The molecule has 5 unspecified atom stereocenters. The van der Waals surface area contributed by atoms with Crippen LogP contribution < -0.4 is 0 Å². The molecule has 0 aromatic heterocycles. The molecule has 12 atom stereocenters. The monoisotopic (exact) mass is 1020 g/mol. The van der Waals surface area contributed by atoms with Gasteiger partial charge in [0.2, 0.25) is 0 Å². The second kappa shape index (κ2) is 20.9. The van der Waals surface area contributed by atoms with Crippen LogP contribution in [0.1, 0.15) is 140 Å². The van der Waals surface area contributed by atoms with Crippen molar-refractivity contribution in [1.29, 1.82) is 0 Å². The standard InChI is InChI=1S/C48H89IO9Si3/c1-18-34(33(2)51)30-36-25-27-40-48(32-49,55-36)31-37(52-40)22-20-19-21-23-39(56-59(12,13)45(3,4)5)42-44(58-61(16,17)47(9,10)11)43(57-60(14,15)46(6,7)8)41-38(54-42)26-24-35(53-41)28-29-50/h21,23,29,34-44,51H,2,18-20,22,24-28,30-32H2,1,3-17H3/b23-21+/t34?,35-,36?,37+,38+,39+,40+,41+,42+,43?,44?,48?/m1/s1. The van der Waals surface area contributed by atoms with Crippen LogP contribution in [0.2, 0.25) is 54.4 Å². The third-order valence-electron chi connectivity index (χ3n) is 15.8. The number of halogens is 1. The van der Waals surface area contributed by atoms with Gasteiger partial charge in [0.15, 0.2) is 25.0 Å². The maximum atomic E-state index is 11.8. The summed E-state index contributed by atoms with van der Waals surface area (Å²) < 4.78 is 51.2. The SMILES string of the molecule is C=C(O)C(CC)CC1CC[C@@H]2O[C@@H](CCC/C=C/[C@H](O[Si](C)(C)C(C)(C)C)[C@@H]3O[C@H]4CC[C@H](CC=O)O[C@@H]4C(O[Si](C)(C)C(C)(C)C)C3O[Si](C)(C)C(C)(C)C)CC2(CI)O1. The number of allylic oxidation sites excluding steroid dienone is 2. The van der Waals surface area contributed by atoms with Crippen molar-refractivity contribution in [2.45, 2.75) is 261 Å². The Morgan fingerprint density at radius 3 is 1.97 bits per heavy atom. The van der Waals surface area contributed by atoms with Gasteiger partial charge in [-0.3, -0.25) is 0 Å². The molecule has 0 aliphatic carbocycles. The highest BCUT2D eigenvalue weighted by molar-refractivity contribution is 14.1. The van der Waals surface area contributed by atoms with Gasteiger partial charge in [0.1, 0.15) is 36.3 Å². The number of ether oxygens (including phenoxy) is 4. The van der Waals surface area contributed by atoms with E-state index in [1.54, 1.807) is 0 Å². The third-order valence-corrected chi connectivity index (χ3v) is 30.5. The Balaban J connectivity index is 1.64. The first-order valence-electron chi connectivity index (χ1n) is 23.7. The van der Waals surface area contributed by atoms with Gasteiger partial charge in [0.25, 0.3) is 0 Å². The van der Waals surface area contributed by atoms with Crippen LogP contribution in [0.4, 0.5) is 0 Å². The molecule has 4 saturated heterocycles. The predicted molar refractivity (Wildman–Crippen MR) is 266 cm³/mol. The molecule has 1 N–H and O–H groups in total. The van der Waals surface area contributed by atoms with E-state index >= 15 is 0 Å². The number of aldehydes is 1. The van der Waals surface area contributed by atoms with E-state index in [1.165, 1.54) is 0 Å². The molecule has 0 radical (unpaired) electrons. The van der Waals surface area contributed by atoms with Crippen LogP contribution in [-0.2, 0) is 37.0 Å². The highest BCUT2D eigenvalue weighted by Gasteiger charge is 2.58. The van der Waals surface area contributed by atoms with E-state index in [2.05, 4.69) is 150 Å². The number of unbranched alkanes of at least 4 members (excludes halogenated alkanes) is 1. The van der Waals surface area contributed by atoms with Crippen molar-refractivity contribution in [2.75, 3.05) is 4.43 Å². The minimum Gasteiger partial charge on any atom is -0.513 e. The van der Waals surface area contributed by atoms with Gasteiger partial charge in [-0.15, -0.1) is 0 Å². The summed E-state index contributed by atoms with van der Waals surface area (Å²) in [5.74, 6) is 0.343. The quantitative estimate of drug-likeness (QED) is 0.0258. The number of aliphatic hydroxyl groups excluding tert-OH is 1. The number of hydrogen-bond acceptors (Lipinski definition) is 9. The van der Waals surface area contributed by atoms with E-state index in [9.17, 15) is 9.90 Å². The van der Waals surface area contributed by atoms with E-state index in [1.807, 2.05) is 0 Å². The summed E-state index contributed by atoms with van der Waals surface area (Å²) in [6.07, 6.45) is 13.0. The van der Waals surface area contributed by atoms with Crippen LogP contribution in [0.5, 0.6) is 0 Å². The van der Waals surface area contributed by atoms with E-state index in [4.69, 9.17) is 32.2 Å². The zero-order valence-electron chi connectivity index (χ0n) is 41.4. The van der Waals surface area contributed by atoms with E-state index in [0.717, 1.165) is 74.9 Å². The normalized spacial score (nSPS) is 33.0. The summed E-state index contributed by atoms with van der Waals surface area (Å²) in [7, 11) is -7.07. The van der Waals surface area contributed by atoms with Crippen LogP contribution >= 0.6 is 22.6 Å². The second-order valence-electron chi connectivity index (χ2n) is 23.5. The number of aliphatic hydroxyl groups is 1. The molecular weight excluding hydrogens is 932 g/mol. The van der Waals surface area contributed by atoms with E-state index in [0.29, 0.717) is 6.42 Å². The summed E-state index contributed by atoms with van der Waals surface area (Å²) in [6.45, 7) is 40.5. The lowest BCUT2D eigenvalue weighted by molar-refractivity contribution is -0.266. The Bertz CT molecular complexity index is 1470. The van der Waals surface area contributed by atoms with Crippen molar-refractivity contribution in [3.05, 3.63) is 24.5 Å². The molecule has 0 aromatic rings. The molecule has 4 aliphatic heterocycles. The van der Waals surface area contributed by atoms with Crippen molar-refractivity contribution in [3.63, 3.8) is 0 Å². The summed E-state index contributed by atoms with van der Waals surface area (Å²) in [6, 6.07) is 0. The molecule has 0 spiro atoms. The molecule has 0 saturated carbocycles. The lowest BCUT2D eigenvalue weighted by atomic mass is 9.85. The van der Waals surface area contributed by atoms with E-state index < -0.39 is 37.2 Å². The average Bonchev–Trinajstić information content (AvgIpc) is 3.50. The molecule has 4 heterocycles. The smallest absolute Gasteiger partial charge is 0.193 e. The van der Waals surface area contributed by atoms with Crippen molar-refractivity contribution >= 4 is 53.8 Å². The van der Waals surface area contributed by atoms with Crippen LogP contribution in [0.15, 0.2) is 24.5 Å². The number of alkyl halides is 1. The number of carbonyl (C=O) groups excluding carboxylic acids is 1. The van der Waals surface area contributed by atoms with Gasteiger partial charge in [0, 0.05) is 23.2 Å². The Morgan fingerprint density at radius 1 is 0.836 bits per heavy atom. The van der Waals surface area contributed by atoms with Gasteiger partial charge in [-0.1, -0.05) is 111 Å². The topological polar surface area (TPSA) is 102 Å². The number of carbonyl (C=O) groups is 1. The Labute approximate surface area is 389 Å². The van der Waals surface area contributed by atoms with Crippen LogP contribution in [0.3, 0.4) is 0 Å². The maximum absolute atomic E-state index is 11.8. The number of fused-ring (bicyclic) bond motifs is 2. The maximum Gasteiger partial charge on any atom is 0.193 e.